The average molecular weight is 358 g/mol. The zero-order valence-corrected chi connectivity index (χ0v) is 15.0. The summed E-state index contributed by atoms with van der Waals surface area (Å²) < 4.78 is 7.15. The van der Waals surface area contributed by atoms with Crippen LogP contribution in [0.15, 0.2) is 30.6 Å². The second-order valence-electron chi connectivity index (χ2n) is 7.36. The first-order valence-electron chi connectivity index (χ1n) is 9.37. The van der Waals surface area contributed by atoms with Crippen LogP contribution in [0, 0.1) is 11.8 Å². The highest BCUT2D eigenvalue weighted by atomic mass is 16.5. The van der Waals surface area contributed by atoms with Crippen LogP contribution < -0.4 is 0 Å². The Morgan fingerprint density at radius 3 is 2.85 bits per heavy atom. The molecule has 0 radical (unpaired) electrons. The van der Waals surface area contributed by atoms with Crippen molar-refractivity contribution in [3.63, 3.8) is 0 Å². The van der Waals surface area contributed by atoms with E-state index in [1.54, 1.807) is 10.7 Å². The molecule has 7 nitrogen and oxygen atoms in total. The van der Waals surface area contributed by atoms with Crippen molar-refractivity contribution in [2.75, 3.05) is 52.5 Å². The van der Waals surface area contributed by atoms with E-state index in [1.807, 2.05) is 29.3 Å². The molecule has 4 heterocycles. The summed E-state index contributed by atoms with van der Waals surface area (Å²) in [6, 6.07) is 5.73. The molecule has 2 aromatic rings. The molecule has 1 amide bonds. The predicted molar refractivity (Wildman–Crippen MR) is 97.0 cm³/mol. The minimum atomic E-state index is 0.0105. The van der Waals surface area contributed by atoms with E-state index in [0.717, 1.165) is 51.3 Å². The number of fused-ring (bicyclic) bond motifs is 1. The normalized spacial score (nSPS) is 24.9. The molecule has 140 valence electrons. The van der Waals surface area contributed by atoms with Crippen LogP contribution in [0.3, 0.4) is 0 Å². The van der Waals surface area contributed by atoms with Crippen LogP contribution in [0.4, 0.5) is 0 Å². The molecule has 4 rings (SSSR count). The molecule has 2 aliphatic heterocycles. The van der Waals surface area contributed by atoms with Gasteiger partial charge in [-0.25, -0.2) is 4.52 Å². The van der Waals surface area contributed by atoms with Gasteiger partial charge in [0.05, 0.1) is 30.5 Å². The maximum absolute atomic E-state index is 13.1. The molecule has 2 atom stereocenters. The summed E-state index contributed by atoms with van der Waals surface area (Å²) in [5.74, 6) is 0.529. The van der Waals surface area contributed by atoms with Crippen LogP contribution in [0.1, 0.15) is 16.8 Å². The molecule has 2 fully saturated rings. The lowest BCUT2D eigenvalue weighted by atomic mass is 9.88. The van der Waals surface area contributed by atoms with Crippen molar-refractivity contribution in [2.45, 2.75) is 6.42 Å². The number of amides is 1. The van der Waals surface area contributed by atoms with Gasteiger partial charge in [0, 0.05) is 45.5 Å². The number of carbonyl (C=O) groups is 1. The highest BCUT2D eigenvalue weighted by Crippen LogP contribution is 2.25. The van der Waals surface area contributed by atoms with Crippen molar-refractivity contribution in [1.82, 2.24) is 19.4 Å². The molecule has 0 aromatic carbocycles. The Morgan fingerprint density at radius 1 is 1.23 bits per heavy atom. The van der Waals surface area contributed by atoms with E-state index in [1.165, 1.54) is 0 Å². The van der Waals surface area contributed by atoms with E-state index in [9.17, 15) is 9.90 Å². The highest BCUT2D eigenvalue weighted by Gasteiger charge is 2.32. The monoisotopic (exact) mass is 358 g/mol. The molecule has 26 heavy (non-hydrogen) atoms. The number of rotatable bonds is 4. The first-order valence-corrected chi connectivity index (χ1v) is 9.37. The van der Waals surface area contributed by atoms with Crippen LogP contribution >= 0.6 is 0 Å². The van der Waals surface area contributed by atoms with E-state index in [2.05, 4.69) is 10.00 Å². The molecule has 0 bridgehead atoms. The summed E-state index contributed by atoms with van der Waals surface area (Å²) in [7, 11) is 0. The summed E-state index contributed by atoms with van der Waals surface area (Å²) in [6.07, 6.45) is 4.46. The molecule has 2 unspecified atom stereocenters. The van der Waals surface area contributed by atoms with Crippen LogP contribution in [0.5, 0.6) is 0 Å². The SMILES string of the molecule is O=C(c1cnn2ccccc12)N1CC(CO)CC(CN2CCOCC2)C1. The topological polar surface area (TPSA) is 70.3 Å². The smallest absolute Gasteiger partial charge is 0.257 e. The number of nitrogens with zero attached hydrogens (tertiary/aromatic N) is 4. The Balaban J connectivity index is 1.49. The fourth-order valence-electron chi connectivity index (χ4n) is 4.17. The lowest BCUT2D eigenvalue weighted by Gasteiger charge is -2.39. The van der Waals surface area contributed by atoms with E-state index in [0.29, 0.717) is 18.0 Å². The van der Waals surface area contributed by atoms with Gasteiger partial charge in [-0.1, -0.05) is 6.07 Å². The van der Waals surface area contributed by atoms with Crippen LogP contribution in [-0.2, 0) is 4.74 Å². The standard InChI is InChI=1S/C19H26N4O3/c24-14-16-9-15(11-21-5-7-26-8-6-21)12-22(13-16)19(25)17-10-20-23-4-2-1-3-18(17)23/h1-4,10,15-16,24H,5-9,11-14H2. The van der Waals surface area contributed by atoms with E-state index in [4.69, 9.17) is 4.74 Å². The third kappa shape index (κ3) is 3.60. The number of aliphatic hydroxyl groups is 1. The van der Waals surface area contributed by atoms with Gasteiger partial charge in [-0.3, -0.25) is 9.69 Å². The Hall–Kier alpha value is -1.96. The first-order chi connectivity index (χ1) is 12.7. The fraction of sp³-hybridized carbons (Fsp3) is 0.579. The zero-order chi connectivity index (χ0) is 17.9. The number of carbonyl (C=O) groups excluding carboxylic acids is 1. The molecular formula is C19H26N4O3. The number of aliphatic hydroxyl groups excluding tert-OH is 1. The Morgan fingerprint density at radius 2 is 2.04 bits per heavy atom. The first kappa shape index (κ1) is 17.5. The van der Waals surface area contributed by atoms with Gasteiger partial charge in [0.15, 0.2) is 0 Å². The molecule has 0 aliphatic carbocycles. The van der Waals surface area contributed by atoms with Crippen molar-refractivity contribution in [1.29, 1.82) is 0 Å². The van der Waals surface area contributed by atoms with Gasteiger partial charge >= 0.3 is 0 Å². The largest absolute Gasteiger partial charge is 0.396 e. The summed E-state index contributed by atoms with van der Waals surface area (Å²) in [5, 5.41) is 14.0. The van der Waals surface area contributed by atoms with Gasteiger partial charge in [-0.05, 0) is 30.4 Å². The third-order valence-corrected chi connectivity index (χ3v) is 5.45. The average Bonchev–Trinajstić information content (AvgIpc) is 3.12. The molecule has 0 spiro atoms. The minimum Gasteiger partial charge on any atom is -0.396 e. The second-order valence-corrected chi connectivity index (χ2v) is 7.36. The Bertz CT molecular complexity index is 756. The van der Waals surface area contributed by atoms with Gasteiger partial charge in [0.2, 0.25) is 0 Å². The second kappa shape index (κ2) is 7.73. The summed E-state index contributed by atoms with van der Waals surface area (Å²) in [4.78, 5) is 17.4. The predicted octanol–water partition coefficient (Wildman–Crippen LogP) is 0.737. The minimum absolute atomic E-state index is 0.0105. The quantitative estimate of drug-likeness (QED) is 0.873. The van der Waals surface area contributed by atoms with E-state index < -0.39 is 0 Å². The van der Waals surface area contributed by atoms with Gasteiger partial charge in [-0.15, -0.1) is 0 Å². The van der Waals surface area contributed by atoms with Crippen LogP contribution in [-0.4, -0.2) is 83.0 Å². The molecular weight excluding hydrogens is 332 g/mol. The van der Waals surface area contributed by atoms with Crippen molar-refractivity contribution in [3.8, 4) is 0 Å². The number of hydrogen-bond donors (Lipinski definition) is 1. The molecule has 7 heteroatoms. The van der Waals surface area contributed by atoms with Gasteiger partial charge < -0.3 is 14.7 Å². The number of piperidine rings is 1. The Kier molecular flexibility index (Phi) is 5.19. The molecule has 2 aromatic heterocycles. The lowest BCUT2D eigenvalue weighted by Crippen LogP contribution is -2.49. The van der Waals surface area contributed by atoms with Crippen molar-refractivity contribution >= 4 is 11.4 Å². The van der Waals surface area contributed by atoms with Crippen LogP contribution in [0.25, 0.3) is 5.52 Å². The molecule has 0 saturated carbocycles. The number of hydrogen-bond acceptors (Lipinski definition) is 5. The van der Waals surface area contributed by atoms with Crippen molar-refractivity contribution in [3.05, 3.63) is 36.2 Å². The zero-order valence-electron chi connectivity index (χ0n) is 15.0. The third-order valence-electron chi connectivity index (χ3n) is 5.45. The summed E-state index contributed by atoms with van der Waals surface area (Å²) in [6.45, 7) is 5.87. The lowest BCUT2D eigenvalue weighted by molar-refractivity contribution is 0.0130. The number of pyridine rings is 1. The number of ether oxygens (including phenoxy) is 1. The van der Waals surface area contributed by atoms with Gasteiger partial charge in [0.25, 0.3) is 5.91 Å². The molecule has 2 saturated heterocycles. The van der Waals surface area contributed by atoms with E-state index in [-0.39, 0.29) is 18.4 Å². The van der Waals surface area contributed by atoms with Gasteiger partial charge in [0.1, 0.15) is 0 Å². The molecule has 1 N–H and O–H groups in total. The summed E-state index contributed by atoms with van der Waals surface area (Å²) >= 11 is 0. The van der Waals surface area contributed by atoms with Crippen molar-refractivity contribution < 1.29 is 14.6 Å². The summed E-state index contributed by atoms with van der Waals surface area (Å²) in [5.41, 5.74) is 1.46. The van der Waals surface area contributed by atoms with Crippen molar-refractivity contribution in [2.24, 2.45) is 11.8 Å². The van der Waals surface area contributed by atoms with Gasteiger partial charge in [-0.2, -0.15) is 5.10 Å². The van der Waals surface area contributed by atoms with Crippen LogP contribution in [0.2, 0.25) is 0 Å². The maximum atomic E-state index is 13.1. The molecule has 2 aliphatic rings. The number of aromatic nitrogens is 2. The maximum Gasteiger partial charge on any atom is 0.257 e. The highest BCUT2D eigenvalue weighted by molar-refractivity contribution is 6.00. The number of morpholine rings is 1. The Labute approximate surface area is 153 Å². The van der Waals surface area contributed by atoms with E-state index >= 15 is 0 Å². The fourth-order valence-corrected chi connectivity index (χ4v) is 4.17. The number of likely N-dealkylation sites (tertiary alicyclic amines) is 1.